The van der Waals surface area contributed by atoms with Gasteiger partial charge in [-0.1, -0.05) is 36.4 Å². The third kappa shape index (κ3) is 4.66. The molecule has 0 unspecified atom stereocenters. The number of anilines is 1. The van der Waals surface area contributed by atoms with Crippen molar-refractivity contribution < 1.29 is 19.1 Å². The molecular weight excluding hydrogens is 406 g/mol. The molecule has 0 radical (unpaired) electrons. The lowest BCUT2D eigenvalue weighted by atomic mass is 10.1. The number of esters is 1. The summed E-state index contributed by atoms with van der Waals surface area (Å²) < 4.78 is 5.44. The van der Waals surface area contributed by atoms with Crippen molar-refractivity contribution in [3.63, 3.8) is 0 Å². The molecule has 1 aromatic heterocycles. The zero-order valence-electron chi connectivity index (χ0n) is 18.5. The second kappa shape index (κ2) is 8.49. The fourth-order valence-electron chi connectivity index (χ4n) is 3.95. The number of para-hydroxylation sites is 2. The van der Waals surface area contributed by atoms with E-state index in [1.165, 1.54) is 4.90 Å². The first-order valence-corrected chi connectivity index (χ1v) is 10.7. The minimum absolute atomic E-state index is 0.216. The normalized spacial score (nSPS) is 16.4. The summed E-state index contributed by atoms with van der Waals surface area (Å²) in [6.07, 6.45) is 1.04. The Morgan fingerprint density at radius 1 is 1.12 bits per heavy atom. The van der Waals surface area contributed by atoms with Crippen LogP contribution in [0.3, 0.4) is 0 Å². The monoisotopic (exact) mass is 433 g/mol. The van der Waals surface area contributed by atoms with Crippen molar-refractivity contribution in [2.75, 3.05) is 11.4 Å². The van der Waals surface area contributed by atoms with Crippen LogP contribution in [0.4, 0.5) is 5.69 Å². The van der Waals surface area contributed by atoms with Gasteiger partial charge in [0.1, 0.15) is 23.9 Å². The second-order valence-corrected chi connectivity index (χ2v) is 8.97. The van der Waals surface area contributed by atoms with Crippen LogP contribution >= 0.6 is 0 Å². The topological polar surface area (TPSA) is 91.5 Å². The van der Waals surface area contributed by atoms with E-state index in [1.807, 2.05) is 48.5 Å². The van der Waals surface area contributed by atoms with Crippen molar-refractivity contribution in [1.82, 2.24) is 10.3 Å². The van der Waals surface area contributed by atoms with Crippen LogP contribution < -0.4 is 10.2 Å². The number of H-pyrrole nitrogens is 1. The summed E-state index contributed by atoms with van der Waals surface area (Å²) in [6, 6.07) is 16.1. The maximum absolute atomic E-state index is 13.4. The van der Waals surface area contributed by atoms with Gasteiger partial charge < -0.3 is 15.0 Å². The number of amides is 2. The van der Waals surface area contributed by atoms with E-state index in [1.54, 1.807) is 26.8 Å². The number of nitrogens with zero attached hydrogens (tertiary/aromatic N) is 1. The molecule has 2 heterocycles. The number of aromatic nitrogens is 1. The second-order valence-electron chi connectivity index (χ2n) is 8.97. The highest BCUT2D eigenvalue weighted by Crippen LogP contribution is 2.27. The smallest absolute Gasteiger partial charge is 0.326 e. The van der Waals surface area contributed by atoms with Gasteiger partial charge in [0.15, 0.2) is 0 Å². The summed E-state index contributed by atoms with van der Waals surface area (Å²) in [7, 11) is 0. The SMILES string of the molecule is CC(C)(C)OC(=O)CN1C(=O)[C@H](NC(=O)c2cc3ccccc3[nH]2)CCc2ccccc21. The Kier molecular flexibility index (Phi) is 5.74. The van der Waals surface area contributed by atoms with Gasteiger partial charge in [-0.3, -0.25) is 19.3 Å². The zero-order valence-corrected chi connectivity index (χ0v) is 18.5. The molecule has 0 saturated heterocycles. The van der Waals surface area contributed by atoms with E-state index in [4.69, 9.17) is 4.74 Å². The Hall–Kier alpha value is -3.61. The van der Waals surface area contributed by atoms with Gasteiger partial charge >= 0.3 is 5.97 Å². The summed E-state index contributed by atoms with van der Waals surface area (Å²) in [5.41, 5.74) is 2.20. The Morgan fingerprint density at radius 3 is 2.59 bits per heavy atom. The molecule has 3 aromatic rings. The Balaban J connectivity index is 1.57. The number of hydrogen-bond donors (Lipinski definition) is 2. The number of nitrogens with one attached hydrogen (secondary N) is 2. The molecular formula is C25H27N3O4. The van der Waals surface area contributed by atoms with E-state index in [-0.39, 0.29) is 18.4 Å². The molecule has 7 nitrogen and oxygen atoms in total. The average Bonchev–Trinajstić information content (AvgIpc) is 3.13. The molecule has 0 fully saturated rings. The highest BCUT2D eigenvalue weighted by atomic mass is 16.6. The first-order valence-electron chi connectivity index (χ1n) is 10.7. The number of carbonyl (C=O) groups excluding carboxylic acids is 3. The maximum atomic E-state index is 13.4. The van der Waals surface area contributed by atoms with Crippen LogP contribution in [0.15, 0.2) is 54.6 Å². The molecule has 0 spiro atoms. The molecule has 4 rings (SSSR count). The maximum Gasteiger partial charge on any atom is 0.326 e. The van der Waals surface area contributed by atoms with Gasteiger partial charge in [0.05, 0.1) is 0 Å². The molecule has 0 saturated carbocycles. The number of hydrogen-bond acceptors (Lipinski definition) is 4. The van der Waals surface area contributed by atoms with E-state index in [0.717, 1.165) is 16.5 Å². The highest BCUT2D eigenvalue weighted by Gasteiger charge is 2.33. The number of aryl methyl sites for hydroxylation is 1. The highest BCUT2D eigenvalue weighted by molar-refractivity contribution is 6.05. The van der Waals surface area contributed by atoms with Gasteiger partial charge in [-0.05, 0) is 57.4 Å². The van der Waals surface area contributed by atoms with Crippen LogP contribution in [-0.2, 0) is 20.7 Å². The predicted octanol–water partition coefficient (Wildman–Crippen LogP) is 3.59. The first kappa shape index (κ1) is 21.6. The van der Waals surface area contributed by atoms with E-state index in [9.17, 15) is 14.4 Å². The molecule has 7 heteroatoms. The van der Waals surface area contributed by atoms with Crippen LogP contribution in [0.1, 0.15) is 43.2 Å². The quantitative estimate of drug-likeness (QED) is 0.615. The Labute approximate surface area is 186 Å². The zero-order chi connectivity index (χ0) is 22.9. The van der Waals surface area contributed by atoms with Gasteiger partial charge in [0.2, 0.25) is 5.91 Å². The van der Waals surface area contributed by atoms with Gasteiger partial charge in [0.25, 0.3) is 5.91 Å². The van der Waals surface area contributed by atoms with Crippen LogP contribution in [0.25, 0.3) is 10.9 Å². The number of benzene rings is 2. The molecule has 0 bridgehead atoms. The lowest BCUT2D eigenvalue weighted by molar-refractivity contribution is -0.153. The predicted molar refractivity (Wildman–Crippen MR) is 123 cm³/mol. The average molecular weight is 434 g/mol. The molecule has 1 aliphatic heterocycles. The fourth-order valence-corrected chi connectivity index (χ4v) is 3.95. The number of ether oxygens (including phenoxy) is 1. The van der Waals surface area contributed by atoms with Crippen LogP contribution in [0, 0.1) is 0 Å². The lowest BCUT2D eigenvalue weighted by Gasteiger charge is -2.27. The number of carbonyl (C=O) groups is 3. The van der Waals surface area contributed by atoms with Crippen molar-refractivity contribution in [3.8, 4) is 0 Å². The summed E-state index contributed by atoms with van der Waals surface area (Å²) >= 11 is 0. The molecule has 2 amide bonds. The molecule has 166 valence electrons. The van der Waals surface area contributed by atoms with Crippen LogP contribution in [0.5, 0.6) is 0 Å². The third-order valence-corrected chi connectivity index (χ3v) is 5.34. The van der Waals surface area contributed by atoms with Gasteiger partial charge in [-0.2, -0.15) is 0 Å². The fraction of sp³-hybridized carbons (Fsp3) is 0.320. The Bertz CT molecular complexity index is 1140. The van der Waals surface area contributed by atoms with Crippen molar-refractivity contribution in [3.05, 3.63) is 65.9 Å². The van der Waals surface area contributed by atoms with Gasteiger partial charge in [-0.25, -0.2) is 0 Å². The molecule has 2 aromatic carbocycles. The minimum Gasteiger partial charge on any atom is -0.459 e. The molecule has 1 aliphatic rings. The third-order valence-electron chi connectivity index (χ3n) is 5.34. The van der Waals surface area contributed by atoms with Crippen molar-refractivity contribution in [2.24, 2.45) is 0 Å². The van der Waals surface area contributed by atoms with Crippen molar-refractivity contribution in [1.29, 1.82) is 0 Å². The van der Waals surface area contributed by atoms with Gasteiger partial charge in [0, 0.05) is 16.6 Å². The Morgan fingerprint density at radius 2 is 1.84 bits per heavy atom. The van der Waals surface area contributed by atoms with Crippen molar-refractivity contribution in [2.45, 2.75) is 45.3 Å². The first-order chi connectivity index (χ1) is 15.2. The van der Waals surface area contributed by atoms with E-state index in [2.05, 4.69) is 10.3 Å². The molecule has 0 aliphatic carbocycles. The number of rotatable bonds is 4. The molecule has 1 atom stereocenters. The summed E-state index contributed by atoms with van der Waals surface area (Å²) in [5.74, 6) is -1.18. The molecule has 2 N–H and O–H groups in total. The van der Waals surface area contributed by atoms with Crippen LogP contribution in [-0.4, -0.2) is 41.0 Å². The molecule has 32 heavy (non-hydrogen) atoms. The van der Waals surface area contributed by atoms with Crippen molar-refractivity contribution >= 4 is 34.4 Å². The minimum atomic E-state index is -0.760. The standard InChI is InChI=1S/C25H27N3O4/c1-25(2,3)32-22(29)15-28-21-11-7-5-8-16(21)12-13-19(24(28)31)27-23(30)20-14-17-9-4-6-10-18(17)26-20/h4-11,14,19,26H,12-13,15H2,1-3H3,(H,27,30)/t19-/m1/s1. The number of aromatic amines is 1. The van der Waals surface area contributed by atoms with Gasteiger partial charge in [-0.15, -0.1) is 0 Å². The van der Waals surface area contributed by atoms with E-state index >= 15 is 0 Å². The van der Waals surface area contributed by atoms with E-state index in [0.29, 0.717) is 24.2 Å². The number of fused-ring (bicyclic) bond motifs is 2. The summed E-state index contributed by atoms with van der Waals surface area (Å²) in [5, 5.41) is 3.78. The lowest BCUT2D eigenvalue weighted by Crippen LogP contribution is -2.50. The summed E-state index contributed by atoms with van der Waals surface area (Å²) in [6.45, 7) is 5.14. The summed E-state index contributed by atoms with van der Waals surface area (Å²) in [4.78, 5) is 43.4. The van der Waals surface area contributed by atoms with E-state index < -0.39 is 17.6 Å². The van der Waals surface area contributed by atoms with Crippen LogP contribution in [0.2, 0.25) is 0 Å². The largest absolute Gasteiger partial charge is 0.459 e.